The van der Waals surface area contributed by atoms with Gasteiger partial charge in [-0.15, -0.1) is 0 Å². The molecule has 0 saturated heterocycles. The van der Waals surface area contributed by atoms with E-state index in [2.05, 4.69) is 10.3 Å². The van der Waals surface area contributed by atoms with Gasteiger partial charge in [-0.3, -0.25) is 4.79 Å². The van der Waals surface area contributed by atoms with Crippen LogP contribution in [0.4, 0.5) is 13.2 Å². The molecule has 1 aliphatic rings. The monoisotopic (exact) mass is 347 g/mol. The molecule has 0 aromatic carbocycles. The lowest BCUT2D eigenvalue weighted by atomic mass is 9.82. The fraction of sp³-hybridized carbons (Fsp3) is 0.750. The summed E-state index contributed by atoms with van der Waals surface area (Å²) >= 11 is 0. The van der Waals surface area contributed by atoms with E-state index in [1.54, 1.807) is 0 Å². The van der Waals surface area contributed by atoms with Gasteiger partial charge in [0.25, 0.3) is 0 Å². The van der Waals surface area contributed by atoms with Crippen LogP contribution in [0.5, 0.6) is 0 Å². The molecule has 3 atom stereocenters. The summed E-state index contributed by atoms with van der Waals surface area (Å²) in [6.07, 6.45) is 0.995. The minimum absolute atomic E-state index is 0.130. The summed E-state index contributed by atoms with van der Waals surface area (Å²) in [5.41, 5.74) is -3.30. The second-order valence-electron chi connectivity index (χ2n) is 6.52. The molecule has 0 bridgehead atoms. The van der Waals surface area contributed by atoms with Gasteiger partial charge in [-0.1, -0.05) is 26.2 Å². The Bertz CT molecular complexity index is 573. The Balaban J connectivity index is 2.15. The van der Waals surface area contributed by atoms with Crippen molar-refractivity contribution in [1.29, 1.82) is 0 Å². The van der Waals surface area contributed by atoms with E-state index < -0.39 is 29.9 Å². The largest absolute Gasteiger partial charge is 0.425 e. The van der Waals surface area contributed by atoms with Crippen LogP contribution in [0.25, 0.3) is 0 Å². The highest BCUT2D eigenvalue weighted by Crippen LogP contribution is 2.40. The number of nitrogens with zero attached hydrogens (tertiary/aromatic N) is 2. The number of carbonyl (C=O) groups is 1. The van der Waals surface area contributed by atoms with Gasteiger partial charge in [0.05, 0.1) is 6.42 Å². The van der Waals surface area contributed by atoms with Gasteiger partial charge < -0.3 is 15.0 Å². The summed E-state index contributed by atoms with van der Waals surface area (Å²) in [6.45, 7) is 2.01. The summed E-state index contributed by atoms with van der Waals surface area (Å²) < 4.78 is 41.4. The van der Waals surface area contributed by atoms with Gasteiger partial charge in [-0.05, 0) is 18.8 Å². The van der Waals surface area contributed by atoms with Crippen LogP contribution in [0.3, 0.4) is 0 Å². The maximum Gasteiger partial charge on any atom is 0.425 e. The molecule has 136 valence electrons. The lowest BCUT2D eigenvalue weighted by Gasteiger charge is -2.33. The molecule has 1 aromatic rings. The van der Waals surface area contributed by atoms with E-state index in [9.17, 15) is 23.1 Å². The number of amides is 1. The van der Waals surface area contributed by atoms with E-state index in [4.69, 9.17) is 0 Å². The lowest BCUT2D eigenvalue weighted by molar-refractivity contribution is -0.271. The molecule has 0 spiro atoms. The molecule has 2 N–H and O–H groups in total. The lowest BCUT2D eigenvalue weighted by Crippen LogP contribution is -2.50. The van der Waals surface area contributed by atoms with Crippen LogP contribution in [-0.4, -0.2) is 32.8 Å². The molecule has 1 saturated carbocycles. The number of hydrogen-bond acceptors (Lipinski definition) is 3. The van der Waals surface area contributed by atoms with Crippen molar-refractivity contribution < 1.29 is 23.1 Å². The van der Waals surface area contributed by atoms with Gasteiger partial charge in [0.1, 0.15) is 0 Å². The van der Waals surface area contributed by atoms with Crippen molar-refractivity contribution in [2.45, 2.75) is 63.3 Å². The van der Waals surface area contributed by atoms with E-state index >= 15 is 0 Å². The summed E-state index contributed by atoms with van der Waals surface area (Å²) in [5, 5.41) is 12.9. The summed E-state index contributed by atoms with van der Waals surface area (Å²) in [5.74, 6) is -1.11. The predicted octanol–water partition coefficient (Wildman–Crippen LogP) is 2.65. The third kappa shape index (κ3) is 3.74. The molecule has 3 unspecified atom stereocenters. The standard InChI is InChI=1S/C16H24F3N3O2/c1-3-11-6-4-5-7-12(11)21-13(23)10-15(24,16(17,18)19)14-20-8-9-22(14)2/h8-9,11-12,24H,3-7,10H2,1-2H3,(H,21,23). The second-order valence-corrected chi connectivity index (χ2v) is 6.52. The Kier molecular flexibility index (Phi) is 5.57. The Morgan fingerprint density at radius 3 is 2.62 bits per heavy atom. The molecule has 8 heteroatoms. The molecule has 1 aliphatic carbocycles. The topological polar surface area (TPSA) is 67.2 Å². The number of nitrogens with one attached hydrogen (secondary N) is 1. The molecule has 1 amide bonds. The summed E-state index contributed by atoms with van der Waals surface area (Å²) in [7, 11) is 1.35. The van der Waals surface area contributed by atoms with Crippen LogP contribution >= 0.6 is 0 Å². The number of carbonyl (C=O) groups excluding carboxylic acids is 1. The van der Waals surface area contributed by atoms with Crippen LogP contribution in [0.2, 0.25) is 0 Å². The van der Waals surface area contributed by atoms with Crippen molar-refractivity contribution in [2.24, 2.45) is 13.0 Å². The van der Waals surface area contributed by atoms with Crippen molar-refractivity contribution in [3.8, 4) is 0 Å². The number of aromatic nitrogens is 2. The van der Waals surface area contributed by atoms with E-state index in [0.29, 0.717) is 0 Å². The van der Waals surface area contributed by atoms with Crippen molar-refractivity contribution in [2.75, 3.05) is 0 Å². The Morgan fingerprint density at radius 1 is 1.42 bits per heavy atom. The quantitative estimate of drug-likeness (QED) is 0.860. The fourth-order valence-corrected chi connectivity index (χ4v) is 3.45. The number of alkyl halides is 3. The maximum absolute atomic E-state index is 13.4. The van der Waals surface area contributed by atoms with Crippen molar-refractivity contribution in [3.05, 3.63) is 18.2 Å². The second kappa shape index (κ2) is 7.13. The van der Waals surface area contributed by atoms with Crippen molar-refractivity contribution in [3.63, 3.8) is 0 Å². The average Bonchev–Trinajstić information content (AvgIpc) is 2.93. The zero-order valence-corrected chi connectivity index (χ0v) is 13.9. The normalized spacial score (nSPS) is 24.4. The van der Waals surface area contributed by atoms with E-state index in [-0.39, 0.29) is 12.0 Å². The molecule has 1 heterocycles. The SMILES string of the molecule is CCC1CCCCC1NC(=O)CC(O)(c1nccn1C)C(F)(F)F. The Labute approximate surface area is 139 Å². The van der Waals surface area contributed by atoms with Crippen LogP contribution in [0.1, 0.15) is 51.3 Å². The summed E-state index contributed by atoms with van der Waals surface area (Å²) in [6, 6.07) is -0.130. The van der Waals surface area contributed by atoms with Crippen molar-refractivity contribution in [1.82, 2.24) is 14.9 Å². The fourth-order valence-electron chi connectivity index (χ4n) is 3.45. The van der Waals surface area contributed by atoms with Crippen LogP contribution in [0.15, 0.2) is 12.4 Å². The highest BCUT2D eigenvalue weighted by molar-refractivity contribution is 5.77. The Morgan fingerprint density at radius 2 is 2.08 bits per heavy atom. The smallest absolute Gasteiger partial charge is 0.374 e. The zero-order chi connectivity index (χ0) is 18.0. The van der Waals surface area contributed by atoms with Gasteiger partial charge in [0.15, 0.2) is 5.82 Å². The molecule has 1 aromatic heterocycles. The highest BCUT2D eigenvalue weighted by atomic mass is 19.4. The minimum Gasteiger partial charge on any atom is -0.374 e. The number of aryl methyl sites for hydroxylation is 1. The summed E-state index contributed by atoms with van der Waals surface area (Å²) in [4.78, 5) is 15.8. The number of rotatable bonds is 5. The first kappa shape index (κ1) is 18.8. The predicted molar refractivity (Wildman–Crippen MR) is 82.0 cm³/mol. The van der Waals surface area contributed by atoms with Gasteiger partial charge in [0.2, 0.25) is 11.5 Å². The van der Waals surface area contributed by atoms with Crippen molar-refractivity contribution >= 4 is 5.91 Å². The number of hydrogen-bond donors (Lipinski definition) is 2. The van der Waals surface area contributed by atoms with Gasteiger partial charge >= 0.3 is 6.18 Å². The van der Waals surface area contributed by atoms with Gasteiger partial charge in [-0.2, -0.15) is 13.2 Å². The Hall–Kier alpha value is -1.57. The average molecular weight is 347 g/mol. The molecule has 0 radical (unpaired) electrons. The maximum atomic E-state index is 13.4. The first-order chi connectivity index (χ1) is 11.2. The van der Waals surface area contributed by atoms with E-state index in [1.165, 1.54) is 13.2 Å². The molecule has 5 nitrogen and oxygen atoms in total. The third-order valence-electron chi connectivity index (χ3n) is 4.86. The van der Waals surface area contributed by atoms with Gasteiger partial charge in [-0.25, -0.2) is 4.98 Å². The highest BCUT2D eigenvalue weighted by Gasteiger charge is 2.58. The van der Waals surface area contributed by atoms with Gasteiger partial charge in [0, 0.05) is 25.5 Å². The third-order valence-corrected chi connectivity index (χ3v) is 4.86. The van der Waals surface area contributed by atoms with E-state index in [1.807, 2.05) is 6.92 Å². The molecule has 2 rings (SSSR count). The van der Waals surface area contributed by atoms with Crippen LogP contribution in [0, 0.1) is 5.92 Å². The van der Waals surface area contributed by atoms with E-state index in [0.717, 1.165) is 42.9 Å². The molecule has 0 aliphatic heterocycles. The number of halogens is 3. The van der Waals surface area contributed by atoms with Crippen LogP contribution in [-0.2, 0) is 17.4 Å². The first-order valence-electron chi connectivity index (χ1n) is 8.25. The molecule has 1 fully saturated rings. The minimum atomic E-state index is -5.00. The number of imidazole rings is 1. The molecular formula is C16H24F3N3O2. The van der Waals surface area contributed by atoms with Crippen LogP contribution < -0.4 is 5.32 Å². The first-order valence-corrected chi connectivity index (χ1v) is 8.25. The zero-order valence-electron chi connectivity index (χ0n) is 13.9. The number of aliphatic hydroxyl groups is 1. The molecule has 24 heavy (non-hydrogen) atoms. The molecular weight excluding hydrogens is 323 g/mol.